The fraction of sp³-hybridized carbons (Fsp3) is 0.538. The highest BCUT2D eigenvalue weighted by molar-refractivity contribution is 5.94. The molecule has 3 aliphatic rings. The predicted molar refractivity (Wildman–Crippen MR) is 127 cm³/mol. The molecule has 1 aliphatic heterocycles. The fourth-order valence-corrected chi connectivity index (χ4v) is 6.49. The highest BCUT2D eigenvalue weighted by Crippen LogP contribution is 2.62. The molecule has 33 heavy (non-hydrogen) atoms. The Balaban J connectivity index is 1.11. The van der Waals surface area contributed by atoms with Crippen LogP contribution < -0.4 is 10.9 Å². The van der Waals surface area contributed by atoms with Crippen LogP contribution in [0.15, 0.2) is 29.1 Å². The number of nitrogens with zero attached hydrogens (tertiary/aromatic N) is 3. The molecule has 2 fully saturated rings. The number of aromatic amines is 1. The van der Waals surface area contributed by atoms with E-state index in [1.165, 1.54) is 0 Å². The summed E-state index contributed by atoms with van der Waals surface area (Å²) in [6.45, 7) is 5.27. The van der Waals surface area contributed by atoms with Crippen LogP contribution in [-0.4, -0.2) is 31.7 Å². The van der Waals surface area contributed by atoms with Gasteiger partial charge < -0.3 is 9.88 Å². The molecular formula is C26H31N5O2. The first-order valence-corrected chi connectivity index (χ1v) is 12.3. The third kappa shape index (κ3) is 3.31. The minimum absolute atomic E-state index is 0.00318. The lowest BCUT2D eigenvalue weighted by molar-refractivity contribution is -0.0197. The molecule has 2 N–H and O–H groups in total. The van der Waals surface area contributed by atoms with E-state index in [4.69, 9.17) is 4.98 Å². The van der Waals surface area contributed by atoms with E-state index < -0.39 is 0 Å². The minimum Gasteiger partial charge on any atom is -0.348 e. The topological polar surface area (TPSA) is 92.7 Å². The molecule has 3 aromatic rings. The van der Waals surface area contributed by atoms with E-state index in [2.05, 4.69) is 33.9 Å². The zero-order chi connectivity index (χ0) is 22.7. The number of aromatic nitrogens is 4. The molecule has 2 aliphatic carbocycles. The third-order valence-electron chi connectivity index (χ3n) is 8.04. The lowest BCUT2D eigenvalue weighted by Gasteiger charge is -2.57. The molecule has 0 radical (unpaired) electrons. The second kappa shape index (κ2) is 7.54. The molecule has 0 saturated heterocycles. The predicted octanol–water partition coefficient (Wildman–Crippen LogP) is 4.04. The number of rotatable bonds is 4. The van der Waals surface area contributed by atoms with Gasteiger partial charge in [0.1, 0.15) is 11.5 Å². The summed E-state index contributed by atoms with van der Waals surface area (Å²) in [5.41, 5.74) is 2.95. The van der Waals surface area contributed by atoms with Crippen LogP contribution in [0.5, 0.6) is 0 Å². The zero-order valence-electron chi connectivity index (χ0n) is 19.4. The molecule has 1 aromatic carbocycles. The van der Waals surface area contributed by atoms with Crippen molar-refractivity contribution in [3.05, 3.63) is 57.5 Å². The number of imidazole rings is 1. The minimum atomic E-state index is -0.128. The summed E-state index contributed by atoms with van der Waals surface area (Å²) in [7, 11) is 0. The van der Waals surface area contributed by atoms with E-state index in [1.807, 2.05) is 24.3 Å². The number of hydrogen-bond donors (Lipinski definition) is 2. The Morgan fingerprint density at radius 1 is 1.15 bits per heavy atom. The molecule has 2 saturated carbocycles. The molecule has 2 aromatic heterocycles. The van der Waals surface area contributed by atoms with Crippen molar-refractivity contribution in [2.45, 2.75) is 83.2 Å². The van der Waals surface area contributed by atoms with Crippen molar-refractivity contribution >= 4 is 16.7 Å². The van der Waals surface area contributed by atoms with Gasteiger partial charge in [-0.2, -0.15) is 5.10 Å². The molecule has 7 nitrogen and oxygen atoms in total. The highest BCUT2D eigenvalue weighted by atomic mass is 16.2. The lowest BCUT2D eigenvalue weighted by atomic mass is 9.49. The SMILES string of the molecule is CC(C)c1nc(C(=O)NC2CC3(C2)CC(c2n[nH]c(=O)c4ccccc24)C3)c2n1CCCC2. The van der Waals surface area contributed by atoms with Crippen LogP contribution in [0.1, 0.15) is 91.9 Å². The summed E-state index contributed by atoms with van der Waals surface area (Å²) in [6.07, 6.45) is 7.41. The van der Waals surface area contributed by atoms with Gasteiger partial charge in [-0.25, -0.2) is 10.1 Å². The summed E-state index contributed by atoms with van der Waals surface area (Å²) in [6, 6.07) is 7.95. The van der Waals surface area contributed by atoms with E-state index in [1.54, 1.807) is 0 Å². The molecule has 6 rings (SSSR count). The Bertz CT molecular complexity index is 1290. The summed E-state index contributed by atoms with van der Waals surface area (Å²) >= 11 is 0. The number of hydrogen-bond acceptors (Lipinski definition) is 4. The normalized spacial score (nSPS) is 26.2. The van der Waals surface area contributed by atoms with Crippen molar-refractivity contribution < 1.29 is 4.79 Å². The fourth-order valence-electron chi connectivity index (χ4n) is 6.49. The Kier molecular flexibility index (Phi) is 4.71. The smallest absolute Gasteiger partial charge is 0.272 e. The van der Waals surface area contributed by atoms with Crippen molar-refractivity contribution in [2.24, 2.45) is 5.41 Å². The number of H-pyrrole nitrogens is 1. The van der Waals surface area contributed by atoms with Gasteiger partial charge in [0.25, 0.3) is 11.5 Å². The Labute approximate surface area is 193 Å². The molecule has 172 valence electrons. The third-order valence-corrected chi connectivity index (χ3v) is 8.04. The Hall–Kier alpha value is -2.96. The van der Waals surface area contributed by atoms with Gasteiger partial charge >= 0.3 is 0 Å². The van der Waals surface area contributed by atoms with Gasteiger partial charge in [-0.05, 0) is 56.4 Å². The largest absolute Gasteiger partial charge is 0.348 e. The second-order valence-corrected chi connectivity index (χ2v) is 10.7. The van der Waals surface area contributed by atoms with E-state index in [9.17, 15) is 9.59 Å². The highest BCUT2D eigenvalue weighted by Gasteiger charge is 2.54. The molecule has 1 spiro atoms. The number of amides is 1. The molecule has 0 bridgehead atoms. The molecule has 1 amide bonds. The van der Waals surface area contributed by atoms with E-state index in [0.29, 0.717) is 28.3 Å². The van der Waals surface area contributed by atoms with Gasteiger partial charge in [0.2, 0.25) is 0 Å². The molecule has 0 atom stereocenters. The van der Waals surface area contributed by atoms with Crippen molar-refractivity contribution in [1.82, 2.24) is 25.1 Å². The number of benzene rings is 1. The van der Waals surface area contributed by atoms with Crippen LogP contribution in [0.3, 0.4) is 0 Å². The van der Waals surface area contributed by atoms with Crippen molar-refractivity contribution in [3.63, 3.8) is 0 Å². The maximum atomic E-state index is 13.1. The van der Waals surface area contributed by atoms with Crippen LogP contribution in [-0.2, 0) is 13.0 Å². The number of carbonyl (C=O) groups is 1. The number of nitrogens with one attached hydrogen (secondary N) is 2. The summed E-state index contributed by atoms with van der Waals surface area (Å²) < 4.78 is 2.28. The molecule has 3 heterocycles. The van der Waals surface area contributed by atoms with Crippen molar-refractivity contribution in [3.8, 4) is 0 Å². The van der Waals surface area contributed by atoms with Crippen LogP contribution in [0, 0.1) is 5.41 Å². The summed E-state index contributed by atoms with van der Waals surface area (Å²) in [5, 5.41) is 12.0. The summed E-state index contributed by atoms with van der Waals surface area (Å²) in [5.74, 6) is 1.73. The van der Waals surface area contributed by atoms with Crippen LogP contribution in [0.4, 0.5) is 0 Å². The molecule has 0 unspecified atom stereocenters. The first-order valence-electron chi connectivity index (χ1n) is 12.3. The first kappa shape index (κ1) is 20.6. The van der Waals surface area contributed by atoms with Gasteiger partial charge in [0, 0.05) is 29.8 Å². The maximum Gasteiger partial charge on any atom is 0.272 e. The maximum absolute atomic E-state index is 13.1. The molecule has 7 heteroatoms. The van der Waals surface area contributed by atoms with Gasteiger partial charge in [-0.3, -0.25) is 9.59 Å². The first-order chi connectivity index (χ1) is 15.9. The standard InChI is InChI=1S/C26H31N5O2/c1-15(2)23-28-22(20-9-5-6-10-31(20)23)25(33)27-17-13-26(14-17)11-16(12-26)21-18-7-3-4-8-19(18)24(32)30-29-21/h3-4,7-8,15-17H,5-6,9-14H2,1-2H3,(H,27,33)(H,30,32). The van der Waals surface area contributed by atoms with E-state index in [0.717, 1.165) is 74.1 Å². The van der Waals surface area contributed by atoms with Gasteiger partial charge in [-0.1, -0.05) is 32.0 Å². The Morgan fingerprint density at radius 3 is 2.67 bits per heavy atom. The average Bonchev–Trinajstić information content (AvgIpc) is 3.16. The van der Waals surface area contributed by atoms with Gasteiger partial charge in [0.15, 0.2) is 0 Å². The quantitative estimate of drug-likeness (QED) is 0.634. The van der Waals surface area contributed by atoms with Crippen molar-refractivity contribution in [2.75, 3.05) is 0 Å². The van der Waals surface area contributed by atoms with E-state index in [-0.39, 0.29) is 17.5 Å². The van der Waals surface area contributed by atoms with Gasteiger partial charge in [0.05, 0.1) is 16.8 Å². The van der Waals surface area contributed by atoms with Crippen LogP contribution in [0.2, 0.25) is 0 Å². The summed E-state index contributed by atoms with van der Waals surface area (Å²) in [4.78, 5) is 30.0. The number of carbonyl (C=O) groups excluding carboxylic acids is 1. The van der Waals surface area contributed by atoms with Crippen molar-refractivity contribution in [1.29, 1.82) is 0 Å². The van der Waals surface area contributed by atoms with Crippen LogP contribution in [0.25, 0.3) is 10.8 Å². The second-order valence-electron chi connectivity index (χ2n) is 10.7. The Morgan fingerprint density at radius 2 is 1.91 bits per heavy atom. The molecular weight excluding hydrogens is 414 g/mol. The zero-order valence-corrected chi connectivity index (χ0v) is 19.4. The lowest BCUT2D eigenvalue weighted by Crippen LogP contribution is -2.55. The van der Waals surface area contributed by atoms with Gasteiger partial charge in [-0.15, -0.1) is 0 Å². The average molecular weight is 446 g/mol. The van der Waals surface area contributed by atoms with Crippen LogP contribution >= 0.6 is 0 Å². The number of fused-ring (bicyclic) bond motifs is 2. The van der Waals surface area contributed by atoms with E-state index >= 15 is 0 Å². The monoisotopic (exact) mass is 445 g/mol.